The van der Waals surface area contributed by atoms with E-state index in [0.717, 1.165) is 5.69 Å². The molecule has 1 aromatic carbocycles. The van der Waals surface area contributed by atoms with Gasteiger partial charge in [0.15, 0.2) is 0 Å². The third kappa shape index (κ3) is 3.60. The van der Waals surface area contributed by atoms with Crippen LogP contribution in [0.1, 0.15) is 11.3 Å². The Kier molecular flexibility index (Phi) is 4.73. The molecule has 5 nitrogen and oxygen atoms in total. The molecule has 0 saturated heterocycles. The van der Waals surface area contributed by atoms with Gasteiger partial charge in [-0.15, -0.1) is 0 Å². The van der Waals surface area contributed by atoms with Crippen molar-refractivity contribution in [1.82, 2.24) is 10.3 Å². The van der Waals surface area contributed by atoms with E-state index in [1.54, 1.807) is 31.3 Å². The SMILES string of the molecule is CN/C(=C(/N)C(=O)Nc1cccc(C)n1)c1ccc(F)cc1. The molecule has 0 aliphatic carbocycles. The number of anilines is 1. The van der Waals surface area contributed by atoms with Gasteiger partial charge in [-0.1, -0.05) is 6.07 Å². The van der Waals surface area contributed by atoms with Gasteiger partial charge < -0.3 is 16.4 Å². The molecule has 0 atom stereocenters. The molecule has 6 heteroatoms. The molecule has 0 bridgehead atoms. The lowest BCUT2D eigenvalue weighted by atomic mass is 10.1. The van der Waals surface area contributed by atoms with Crippen LogP contribution in [0.15, 0.2) is 48.2 Å². The zero-order valence-corrected chi connectivity index (χ0v) is 12.4. The van der Waals surface area contributed by atoms with Crippen LogP contribution in [0.2, 0.25) is 0 Å². The van der Waals surface area contributed by atoms with Gasteiger partial charge in [0.05, 0.1) is 5.70 Å². The second kappa shape index (κ2) is 6.71. The van der Waals surface area contributed by atoms with Gasteiger partial charge in [-0.3, -0.25) is 4.79 Å². The van der Waals surface area contributed by atoms with Crippen LogP contribution in [-0.2, 0) is 4.79 Å². The summed E-state index contributed by atoms with van der Waals surface area (Å²) in [4.78, 5) is 16.4. The number of pyridine rings is 1. The molecule has 1 heterocycles. The van der Waals surface area contributed by atoms with E-state index in [1.165, 1.54) is 12.1 Å². The Balaban J connectivity index is 2.27. The third-order valence-electron chi connectivity index (χ3n) is 3.03. The smallest absolute Gasteiger partial charge is 0.274 e. The molecule has 114 valence electrons. The van der Waals surface area contributed by atoms with Gasteiger partial charge >= 0.3 is 0 Å². The van der Waals surface area contributed by atoms with E-state index in [0.29, 0.717) is 17.1 Å². The number of nitrogens with zero attached hydrogens (tertiary/aromatic N) is 1. The minimum absolute atomic E-state index is 0.00239. The first kappa shape index (κ1) is 15.5. The lowest BCUT2D eigenvalue weighted by Gasteiger charge is -2.12. The monoisotopic (exact) mass is 300 g/mol. The topological polar surface area (TPSA) is 80.0 Å². The summed E-state index contributed by atoms with van der Waals surface area (Å²) in [6.45, 7) is 1.83. The van der Waals surface area contributed by atoms with Crippen LogP contribution in [0, 0.1) is 12.7 Å². The van der Waals surface area contributed by atoms with Crippen LogP contribution in [0.25, 0.3) is 5.70 Å². The van der Waals surface area contributed by atoms with E-state index >= 15 is 0 Å². The molecular formula is C16H17FN4O. The number of benzene rings is 1. The highest BCUT2D eigenvalue weighted by Gasteiger charge is 2.13. The van der Waals surface area contributed by atoms with Crippen molar-refractivity contribution in [3.05, 3.63) is 65.2 Å². The van der Waals surface area contributed by atoms with Crippen LogP contribution in [0.3, 0.4) is 0 Å². The molecule has 0 aliphatic heterocycles. The summed E-state index contributed by atoms with van der Waals surface area (Å²) in [7, 11) is 1.64. The van der Waals surface area contributed by atoms with Crippen molar-refractivity contribution in [2.24, 2.45) is 5.73 Å². The number of hydrogen-bond donors (Lipinski definition) is 3. The van der Waals surface area contributed by atoms with E-state index in [9.17, 15) is 9.18 Å². The predicted octanol–water partition coefficient (Wildman–Crippen LogP) is 2.01. The van der Waals surface area contributed by atoms with E-state index < -0.39 is 5.91 Å². The fraction of sp³-hybridized carbons (Fsp3) is 0.125. The first-order chi connectivity index (χ1) is 10.5. The van der Waals surface area contributed by atoms with Crippen molar-refractivity contribution in [1.29, 1.82) is 0 Å². The summed E-state index contributed by atoms with van der Waals surface area (Å²) >= 11 is 0. The van der Waals surface area contributed by atoms with Gasteiger partial charge in [0.2, 0.25) is 0 Å². The number of nitrogens with one attached hydrogen (secondary N) is 2. The molecule has 0 fully saturated rings. The maximum atomic E-state index is 13.0. The maximum Gasteiger partial charge on any atom is 0.274 e. The first-order valence-corrected chi connectivity index (χ1v) is 6.69. The first-order valence-electron chi connectivity index (χ1n) is 6.69. The van der Waals surface area contributed by atoms with Crippen molar-refractivity contribution in [2.75, 3.05) is 12.4 Å². The summed E-state index contributed by atoms with van der Waals surface area (Å²) in [5.74, 6) is -0.416. The van der Waals surface area contributed by atoms with Gasteiger partial charge in [-0.05, 0) is 43.3 Å². The van der Waals surface area contributed by atoms with Crippen LogP contribution in [0.5, 0.6) is 0 Å². The third-order valence-corrected chi connectivity index (χ3v) is 3.03. The number of nitrogens with two attached hydrogens (primary N) is 1. The lowest BCUT2D eigenvalue weighted by molar-refractivity contribution is -0.112. The largest absolute Gasteiger partial charge is 0.393 e. The molecule has 0 aliphatic rings. The number of aryl methyl sites for hydroxylation is 1. The van der Waals surface area contributed by atoms with Gasteiger partial charge in [0, 0.05) is 18.3 Å². The highest BCUT2D eigenvalue weighted by atomic mass is 19.1. The number of hydrogen-bond acceptors (Lipinski definition) is 4. The molecule has 1 aromatic heterocycles. The van der Waals surface area contributed by atoms with Gasteiger partial charge in [0.25, 0.3) is 5.91 Å². The highest BCUT2D eigenvalue weighted by molar-refractivity contribution is 6.07. The number of carbonyl (C=O) groups excluding carboxylic acids is 1. The van der Waals surface area contributed by atoms with Crippen molar-refractivity contribution >= 4 is 17.4 Å². The number of halogens is 1. The fourth-order valence-electron chi connectivity index (χ4n) is 1.96. The summed E-state index contributed by atoms with van der Waals surface area (Å²) in [6.07, 6.45) is 0. The zero-order valence-electron chi connectivity index (χ0n) is 12.4. The van der Waals surface area contributed by atoms with E-state index in [1.807, 2.05) is 13.0 Å². The second-order valence-corrected chi connectivity index (χ2v) is 4.66. The maximum absolute atomic E-state index is 13.0. The average Bonchev–Trinajstić information content (AvgIpc) is 2.49. The van der Waals surface area contributed by atoms with Crippen molar-refractivity contribution < 1.29 is 9.18 Å². The molecule has 0 radical (unpaired) electrons. The minimum Gasteiger partial charge on any atom is -0.393 e. The summed E-state index contributed by atoms with van der Waals surface area (Å²) in [6, 6.07) is 11.0. The van der Waals surface area contributed by atoms with E-state index in [2.05, 4.69) is 15.6 Å². The Bertz CT molecular complexity index is 710. The Labute approximate surface area is 128 Å². The Morgan fingerprint density at radius 3 is 2.45 bits per heavy atom. The number of aromatic nitrogens is 1. The summed E-state index contributed by atoms with van der Waals surface area (Å²) in [5.41, 5.74) is 7.73. The molecular weight excluding hydrogens is 283 g/mol. The molecule has 0 unspecified atom stereocenters. The number of rotatable bonds is 4. The normalized spacial score (nSPS) is 11.6. The minimum atomic E-state index is -0.480. The zero-order chi connectivity index (χ0) is 16.1. The fourth-order valence-corrected chi connectivity index (χ4v) is 1.96. The highest BCUT2D eigenvalue weighted by Crippen LogP contribution is 2.15. The lowest BCUT2D eigenvalue weighted by Crippen LogP contribution is -2.25. The molecule has 22 heavy (non-hydrogen) atoms. The van der Waals surface area contributed by atoms with Crippen molar-refractivity contribution in [2.45, 2.75) is 6.92 Å². The Morgan fingerprint density at radius 1 is 1.18 bits per heavy atom. The standard InChI is InChI=1S/C16H17FN4O/c1-10-4-3-5-13(20-10)21-16(22)14(18)15(19-2)11-6-8-12(17)9-7-11/h3-9,19H,18H2,1-2H3,(H,20,21,22)/b15-14+. The summed E-state index contributed by atoms with van der Waals surface area (Å²) in [5, 5.41) is 5.50. The number of carbonyl (C=O) groups is 1. The Morgan fingerprint density at radius 2 is 1.86 bits per heavy atom. The predicted molar refractivity (Wildman–Crippen MR) is 84.2 cm³/mol. The van der Waals surface area contributed by atoms with Crippen LogP contribution in [0.4, 0.5) is 10.2 Å². The Hall–Kier alpha value is -2.89. The quantitative estimate of drug-likeness (QED) is 0.755. The van der Waals surface area contributed by atoms with Gasteiger partial charge in [-0.25, -0.2) is 9.37 Å². The molecule has 0 spiro atoms. The van der Waals surface area contributed by atoms with Crippen LogP contribution >= 0.6 is 0 Å². The molecule has 4 N–H and O–H groups in total. The van der Waals surface area contributed by atoms with Crippen molar-refractivity contribution in [3.8, 4) is 0 Å². The van der Waals surface area contributed by atoms with Gasteiger partial charge in [-0.2, -0.15) is 0 Å². The van der Waals surface area contributed by atoms with Crippen molar-refractivity contribution in [3.63, 3.8) is 0 Å². The summed E-state index contributed by atoms with van der Waals surface area (Å²) < 4.78 is 13.0. The second-order valence-electron chi connectivity index (χ2n) is 4.66. The molecule has 2 aromatic rings. The van der Waals surface area contributed by atoms with E-state index in [-0.39, 0.29) is 11.5 Å². The van der Waals surface area contributed by atoms with Gasteiger partial charge in [0.1, 0.15) is 17.3 Å². The average molecular weight is 300 g/mol. The van der Waals surface area contributed by atoms with E-state index in [4.69, 9.17) is 5.73 Å². The molecule has 1 amide bonds. The number of amides is 1. The molecule has 0 saturated carbocycles. The van der Waals surface area contributed by atoms with Crippen LogP contribution in [-0.4, -0.2) is 17.9 Å². The van der Waals surface area contributed by atoms with Crippen LogP contribution < -0.4 is 16.4 Å². The molecule has 2 rings (SSSR count).